The minimum atomic E-state index is -0.549. The van der Waals surface area contributed by atoms with Crippen LogP contribution in [0.5, 0.6) is 0 Å². The SMILES string of the molecule is CC(C)(C)NC(=O)C(=O)N1CCN(c2ncccn2)CC1. The Morgan fingerprint density at radius 1 is 1.10 bits per heavy atom. The number of rotatable bonds is 1. The molecule has 0 aliphatic carbocycles. The molecule has 7 nitrogen and oxygen atoms in total. The van der Waals surface area contributed by atoms with Gasteiger partial charge in [-0.05, 0) is 26.8 Å². The Kier molecular flexibility index (Phi) is 4.40. The van der Waals surface area contributed by atoms with Gasteiger partial charge in [0.2, 0.25) is 5.95 Å². The molecule has 1 aromatic heterocycles. The number of carbonyl (C=O) groups is 2. The molecule has 2 rings (SSSR count). The highest BCUT2D eigenvalue weighted by Crippen LogP contribution is 2.10. The van der Waals surface area contributed by atoms with Crippen molar-refractivity contribution in [3.63, 3.8) is 0 Å². The first-order valence-corrected chi connectivity index (χ1v) is 7.00. The van der Waals surface area contributed by atoms with E-state index in [1.165, 1.54) is 0 Å². The summed E-state index contributed by atoms with van der Waals surface area (Å²) in [6.07, 6.45) is 3.38. The van der Waals surface area contributed by atoms with E-state index in [2.05, 4.69) is 15.3 Å². The van der Waals surface area contributed by atoms with E-state index in [-0.39, 0.29) is 0 Å². The third kappa shape index (κ3) is 4.14. The van der Waals surface area contributed by atoms with Gasteiger partial charge in [0.15, 0.2) is 0 Å². The van der Waals surface area contributed by atoms with Crippen molar-refractivity contribution in [2.24, 2.45) is 0 Å². The zero-order valence-electron chi connectivity index (χ0n) is 12.7. The van der Waals surface area contributed by atoms with Gasteiger partial charge in [0, 0.05) is 44.1 Å². The van der Waals surface area contributed by atoms with Crippen molar-refractivity contribution < 1.29 is 9.59 Å². The summed E-state index contributed by atoms with van der Waals surface area (Å²) in [5.74, 6) is -0.366. The lowest BCUT2D eigenvalue weighted by Crippen LogP contribution is -2.55. The van der Waals surface area contributed by atoms with Crippen LogP contribution in [-0.2, 0) is 9.59 Å². The Bertz CT molecular complexity index is 504. The number of aromatic nitrogens is 2. The molecule has 1 saturated heterocycles. The summed E-state index contributed by atoms with van der Waals surface area (Å²) >= 11 is 0. The summed E-state index contributed by atoms with van der Waals surface area (Å²) in [6, 6.07) is 1.76. The summed E-state index contributed by atoms with van der Waals surface area (Å²) in [4.78, 5) is 35.9. The average molecular weight is 291 g/mol. The number of hydrogen-bond donors (Lipinski definition) is 1. The molecular formula is C14H21N5O2. The maximum Gasteiger partial charge on any atom is 0.312 e. The van der Waals surface area contributed by atoms with Crippen molar-refractivity contribution in [1.29, 1.82) is 0 Å². The predicted octanol–water partition coefficient (Wildman–Crippen LogP) is 0.0399. The first kappa shape index (κ1) is 15.2. The second-order valence-electron chi connectivity index (χ2n) is 6.03. The van der Waals surface area contributed by atoms with Crippen molar-refractivity contribution in [2.75, 3.05) is 31.1 Å². The molecule has 2 heterocycles. The Labute approximate surface area is 124 Å². The van der Waals surface area contributed by atoms with Crippen LogP contribution in [0.15, 0.2) is 18.5 Å². The summed E-state index contributed by atoms with van der Waals surface area (Å²) < 4.78 is 0. The highest BCUT2D eigenvalue weighted by Gasteiger charge is 2.28. The Hall–Kier alpha value is -2.18. The minimum absolute atomic E-state index is 0.410. The van der Waals surface area contributed by atoms with Gasteiger partial charge >= 0.3 is 11.8 Å². The minimum Gasteiger partial charge on any atom is -0.343 e. The van der Waals surface area contributed by atoms with E-state index in [4.69, 9.17) is 0 Å². The Balaban J connectivity index is 1.89. The molecule has 2 amide bonds. The molecule has 0 spiro atoms. The van der Waals surface area contributed by atoms with Crippen molar-refractivity contribution in [3.05, 3.63) is 18.5 Å². The largest absolute Gasteiger partial charge is 0.343 e. The van der Waals surface area contributed by atoms with Crippen LogP contribution in [0.2, 0.25) is 0 Å². The third-order valence-electron chi connectivity index (χ3n) is 3.08. The van der Waals surface area contributed by atoms with Gasteiger partial charge in [-0.2, -0.15) is 0 Å². The van der Waals surface area contributed by atoms with Gasteiger partial charge in [-0.3, -0.25) is 9.59 Å². The van der Waals surface area contributed by atoms with E-state index in [1.54, 1.807) is 23.4 Å². The smallest absolute Gasteiger partial charge is 0.312 e. The third-order valence-corrected chi connectivity index (χ3v) is 3.08. The molecule has 1 aliphatic heterocycles. The van der Waals surface area contributed by atoms with Crippen molar-refractivity contribution in [2.45, 2.75) is 26.3 Å². The Morgan fingerprint density at radius 2 is 1.67 bits per heavy atom. The van der Waals surface area contributed by atoms with Gasteiger partial charge in [-0.15, -0.1) is 0 Å². The van der Waals surface area contributed by atoms with Crippen LogP contribution in [0, 0.1) is 0 Å². The number of anilines is 1. The van der Waals surface area contributed by atoms with E-state index < -0.39 is 17.4 Å². The monoisotopic (exact) mass is 291 g/mol. The summed E-state index contributed by atoms with van der Waals surface area (Å²) in [5, 5.41) is 2.69. The first-order chi connectivity index (χ1) is 9.87. The maximum atomic E-state index is 12.1. The molecule has 1 N–H and O–H groups in total. The second kappa shape index (κ2) is 6.07. The number of carbonyl (C=O) groups excluding carboxylic acids is 2. The molecular weight excluding hydrogens is 270 g/mol. The zero-order chi connectivity index (χ0) is 15.5. The van der Waals surface area contributed by atoms with Crippen molar-refractivity contribution in [3.8, 4) is 0 Å². The van der Waals surface area contributed by atoms with Gasteiger partial charge in [0.1, 0.15) is 0 Å². The number of hydrogen-bond acceptors (Lipinski definition) is 5. The zero-order valence-corrected chi connectivity index (χ0v) is 12.7. The molecule has 0 saturated carbocycles. The molecule has 0 aromatic carbocycles. The summed E-state index contributed by atoms with van der Waals surface area (Å²) in [7, 11) is 0. The normalized spacial score (nSPS) is 15.8. The average Bonchev–Trinajstić information content (AvgIpc) is 2.46. The number of nitrogens with zero attached hydrogens (tertiary/aromatic N) is 4. The number of piperazine rings is 1. The van der Waals surface area contributed by atoms with Crippen molar-refractivity contribution >= 4 is 17.8 Å². The molecule has 1 aromatic rings. The lowest BCUT2D eigenvalue weighted by molar-refractivity contribution is -0.146. The van der Waals surface area contributed by atoms with Crippen LogP contribution in [-0.4, -0.2) is 58.4 Å². The fourth-order valence-corrected chi connectivity index (χ4v) is 2.10. The second-order valence-corrected chi connectivity index (χ2v) is 6.03. The van der Waals surface area contributed by atoms with E-state index in [0.29, 0.717) is 32.1 Å². The molecule has 1 fully saturated rings. The van der Waals surface area contributed by atoms with E-state index in [9.17, 15) is 9.59 Å². The van der Waals surface area contributed by atoms with Gasteiger partial charge in [0.25, 0.3) is 0 Å². The van der Waals surface area contributed by atoms with Crippen LogP contribution in [0.1, 0.15) is 20.8 Å². The quantitative estimate of drug-likeness (QED) is 0.739. The highest BCUT2D eigenvalue weighted by atomic mass is 16.2. The molecule has 1 aliphatic rings. The molecule has 7 heteroatoms. The molecule has 0 unspecified atom stereocenters. The summed E-state index contributed by atoms with van der Waals surface area (Å²) in [5.41, 5.74) is -0.410. The lowest BCUT2D eigenvalue weighted by atomic mass is 10.1. The van der Waals surface area contributed by atoms with Gasteiger partial charge in [-0.1, -0.05) is 0 Å². The fraction of sp³-hybridized carbons (Fsp3) is 0.571. The summed E-state index contributed by atoms with van der Waals surface area (Å²) in [6.45, 7) is 7.79. The first-order valence-electron chi connectivity index (χ1n) is 7.00. The van der Waals surface area contributed by atoms with E-state index in [0.717, 1.165) is 0 Å². The maximum absolute atomic E-state index is 12.1. The van der Waals surface area contributed by atoms with Gasteiger partial charge < -0.3 is 15.1 Å². The van der Waals surface area contributed by atoms with Crippen molar-refractivity contribution in [1.82, 2.24) is 20.2 Å². The molecule has 114 valence electrons. The van der Waals surface area contributed by atoms with Gasteiger partial charge in [0.05, 0.1) is 0 Å². The van der Waals surface area contributed by atoms with Crippen LogP contribution in [0.3, 0.4) is 0 Å². The molecule has 0 atom stereocenters. The molecule has 21 heavy (non-hydrogen) atoms. The standard InChI is InChI=1S/C14H21N5O2/c1-14(2,3)17-11(20)12(21)18-7-9-19(10-8-18)13-15-5-4-6-16-13/h4-6H,7-10H2,1-3H3,(H,17,20). The topological polar surface area (TPSA) is 78.4 Å². The van der Waals surface area contributed by atoms with Gasteiger partial charge in [-0.25, -0.2) is 9.97 Å². The number of amides is 2. The lowest BCUT2D eigenvalue weighted by Gasteiger charge is -2.34. The van der Waals surface area contributed by atoms with E-state index >= 15 is 0 Å². The molecule has 0 radical (unpaired) electrons. The number of nitrogens with one attached hydrogen (secondary N) is 1. The fourth-order valence-electron chi connectivity index (χ4n) is 2.10. The highest BCUT2D eigenvalue weighted by molar-refractivity contribution is 6.35. The Morgan fingerprint density at radius 3 is 2.19 bits per heavy atom. The van der Waals surface area contributed by atoms with Crippen LogP contribution in [0.4, 0.5) is 5.95 Å². The van der Waals surface area contributed by atoms with Crippen LogP contribution >= 0.6 is 0 Å². The van der Waals surface area contributed by atoms with E-state index in [1.807, 2.05) is 25.7 Å². The molecule has 0 bridgehead atoms. The van der Waals surface area contributed by atoms with Crippen LogP contribution < -0.4 is 10.2 Å². The predicted molar refractivity (Wildman–Crippen MR) is 78.7 cm³/mol. The van der Waals surface area contributed by atoms with Crippen LogP contribution in [0.25, 0.3) is 0 Å².